The monoisotopic (exact) mass is 246 g/mol. The van der Waals surface area contributed by atoms with E-state index in [-0.39, 0.29) is 5.56 Å². The lowest BCUT2D eigenvalue weighted by molar-refractivity contribution is -0.123. The highest BCUT2D eigenvalue weighted by molar-refractivity contribution is 5.94. The first kappa shape index (κ1) is 13.5. The molecule has 0 bridgehead atoms. The topological polar surface area (TPSA) is 55.1 Å². The van der Waals surface area contributed by atoms with E-state index >= 15 is 0 Å². The van der Waals surface area contributed by atoms with Gasteiger partial charge < -0.3 is 11.1 Å². The fourth-order valence-electron chi connectivity index (χ4n) is 1.27. The maximum Gasteiger partial charge on any atom is 0.405 e. The van der Waals surface area contributed by atoms with Crippen molar-refractivity contribution in [2.24, 2.45) is 5.73 Å². The van der Waals surface area contributed by atoms with E-state index in [4.69, 9.17) is 5.73 Å². The maximum atomic E-state index is 11.9. The van der Waals surface area contributed by atoms with Crippen LogP contribution in [0.4, 0.5) is 13.2 Å². The lowest BCUT2D eigenvalue weighted by Crippen LogP contribution is -2.33. The molecule has 1 aromatic rings. The molecular weight excluding hydrogens is 233 g/mol. The van der Waals surface area contributed by atoms with Crippen LogP contribution >= 0.6 is 0 Å². The molecule has 17 heavy (non-hydrogen) atoms. The van der Waals surface area contributed by atoms with Crippen molar-refractivity contribution in [1.29, 1.82) is 0 Å². The van der Waals surface area contributed by atoms with Crippen LogP contribution in [0.5, 0.6) is 0 Å². The van der Waals surface area contributed by atoms with Crippen LogP contribution in [-0.4, -0.2) is 25.2 Å². The van der Waals surface area contributed by atoms with E-state index in [2.05, 4.69) is 0 Å². The molecule has 0 unspecified atom stereocenters. The third kappa shape index (κ3) is 4.86. The number of amides is 1. The Labute approximate surface area is 96.8 Å². The van der Waals surface area contributed by atoms with Gasteiger partial charge >= 0.3 is 6.18 Å². The van der Waals surface area contributed by atoms with Gasteiger partial charge in [0.2, 0.25) is 0 Å². The number of benzene rings is 1. The van der Waals surface area contributed by atoms with Gasteiger partial charge in [0.25, 0.3) is 5.91 Å². The van der Waals surface area contributed by atoms with E-state index in [9.17, 15) is 18.0 Å². The van der Waals surface area contributed by atoms with Crippen molar-refractivity contribution in [2.45, 2.75) is 12.6 Å². The fraction of sp³-hybridized carbons (Fsp3) is 0.364. The van der Waals surface area contributed by atoms with Crippen molar-refractivity contribution in [3.8, 4) is 0 Å². The molecule has 0 aliphatic rings. The Balaban J connectivity index is 2.57. The predicted octanol–water partition coefficient (Wildman–Crippen LogP) is 1.48. The summed E-state index contributed by atoms with van der Waals surface area (Å²) in [5, 5.41) is 1.80. The molecule has 1 rings (SSSR count). The van der Waals surface area contributed by atoms with Gasteiger partial charge in [0.1, 0.15) is 6.54 Å². The van der Waals surface area contributed by atoms with Crippen LogP contribution < -0.4 is 11.1 Å². The Kier molecular flexibility index (Phi) is 4.51. The second kappa shape index (κ2) is 5.67. The van der Waals surface area contributed by atoms with E-state index in [0.29, 0.717) is 13.0 Å². The van der Waals surface area contributed by atoms with E-state index in [0.717, 1.165) is 5.56 Å². The summed E-state index contributed by atoms with van der Waals surface area (Å²) >= 11 is 0. The fourth-order valence-corrected chi connectivity index (χ4v) is 1.27. The summed E-state index contributed by atoms with van der Waals surface area (Å²) in [5.41, 5.74) is 6.50. The first-order valence-corrected chi connectivity index (χ1v) is 5.06. The number of rotatable bonds is 4. The van der Waals surface area contributed by atoms with E-state index < -0.39 is 18.6 Å². The highest BCUT2D eigenvalue weighted by Crippen LogP contribution is 2.13. The van der Waals surface area contributed by atoms with Crippen molar-refractivity contribution in [1.82, 2.24) is 5.32 Å². The highest BCUT2D eigenvalue weighted by Gasteiger charge is 2.27. The van der Waals surface area contributed by atoms with Gasteiger partial charge in [0, 0.05) is 5.56 Å². The molecule has 0 aromatic heterocycles. The molecule has 94 valence electrons. The largest absolute Gasteiger partial charge is 0.405 e. The molecule has 1 aromatic carbocycles. The minimum Gasteiger partial charge on any atom is -0.343 e. The second-order valence-corrected chi connectivity index (χ2v) is 3.53. The van der Waals surface area contributed by atoms with Gasteiger partial charge in [0.15, 0.2) is 0 Å². The smallest absolute Gasteiger partial charge is 0.343 e. The number of alkyl halides is 3. The van der Waals surface area contributed by atoms with Gasteiger partial charge in [-0.2, -0.15) is 13.2 Å². The lowest BCUT2D eigenvalue weighted by atomic mass is 10.1. The normalized spacial score (nSPS) is 11.3. The minimum absolute atomic E-state index is 0.204. The van der Waals surface area contributed by atoms with Crippen LogP contribution in [0.2, 0.25) is 0 Å². The van der Waals surface area contributed by atoms with Gasteiger partial charge in [-0.25, -0.2) is 0 Å². The molecule has 3 N–H and O–H groups in total. The summed E-state index contributed by atoms with van der Waals surface area (Å²) in [6.07, 6.45) is -3.72. The Bertz CT molecular complexity index is 373. The zero-order valence-corrected chi connectivity index (χ0v) is 9.05. The molecule has 0 saturated carbocycles. The highest BCUT2D eigenvalue weighted by atomic mass is 19.4. The summed E-state index contributed by atoms with van der Waals surface area (Å²) in [7, 11) is 0. The quantitative estimate of drug-likeness (QED) is 0.845. The number of carbonyl (C=O) groups is 1. The van der Waals surface area contributed by atoms with Crippen molar-refractivity contribution in [3.05, 3.63) is 35.4 Å². The number of hydrogen-bond acceptors (Lipinski definition) is 2. The molecule has 0 aliphatic carbocycles. The molecule has 0 saturated heterocycles. The first-order valence-electron chi connectivity index (χ1n) is 5.06. The molecule has 1 amide bonds. The predicted molar refractivity (Wildman–Crippen MR) is 57.6 cm³/mol. The van der Waals surface area contributed by atoms with E-state index in [1.165, 1.54) is 12.1 Å². The molecular formula is C11H13F3N2O. The lowest BCUT2D eigenvalue weighted by Gasteiger charge is -2.08. The molecule has 3 nitrogen and oxygen atoms in total. The Morgan fingerprint density at radius 2 is 1.82 bits per heavy atom. The van der Waals surface area contributed by atoms with E-state index in [1.54, 1.807) is 17.4 Å². The standard InChI is InChI=1S/C11H13F3N2O/c12-11(13,14)7-16-10(17)9-3-1-8(2-4-9)5-6-15/h1-4H,5-7,15H2,(H,16,17). The minimum atomic E-state index is -4.39. The van der Waals surface area contributed by atoms with Crippen molar-refractivity contribution >= 4 is 5.91 Å². The van der Waals surface area contributed by atoms with Crippen LogP contribution in [-0.2, 0) is 6.42 Å². The van der Waals surface area contributed by atoms with E-state index in [1.807, 2.05) is 0 Å². The SMILES string of the molecule is NCCc1ccc(C(=O)NCC(F)(F)F)cc1. The molecule has 0 spiro atoms. The average Bonchev–Trinajstić information content (AvgIpc) is 2.26. The van der Waals surface area contributed by atoms with Gasteiger partial charge in [0.05, 0.1) is 0 Å². The maximum absolute atomic E-state index is 11.9. The summed E-state index contributed by atoms with van der Waals surface area (Å²) in [5.74, 6) is -0.735. The third-order valence-electron chi connectivity index (χ3n) is 2.10. The second-order valence-electron chi connectivity index (χ2n) is 3.53. The summed E-state index contributed by atoms with van der Waals surface area (Å²) < 4.78 is 35.6. The van der Waals surface area contributed by atoms with Crippen LogP contribution in [0.3, 0.4) is 0 Å². The van der Waals surface area contributed by atoms with Crippen LogP contribution in [0, 0.1) is 0 Å². The van der Waals surface area contributed by atoms with Gasteiger partial charge in [-0.15, -0.1) is 0 Å². The Hall–Kier alpha value is -1.56. The number of carbonyl (C=O) groups excluding carboxylic acids is 1. The Morgan fingerprint density at radius 3 is 2.29 bits per heavy atom. The molecule has 6 heteroatoms. The van der Waals surface area contributed by atoms with Gasteiger partial charge in [-0.3, -0.25) is 4.79 Å². The van der Waals surface area contributed by atoms with Gasteiger partial charge in [-0.1, -0.05) is 12.1 Å². The first-order chi connectivity index (χ1) is 7.92. The molecule has 0 aliphatic heterocycles. The van der Waals surface area contributed by atoms with Crippen LogP contribution in [0.25, 0.3) is 0 Å². The number of nitrogens with one attached hydrogen (secondary N) is 1. The van der Waals surface area contributed by atoms with Gasteiger partial charge in [-0.05, 0) is 30.7 Å². The molecule has 0 heterocycles. The number of halogens is 3. The molecule has 0 atom stereocenters. The summed E-state index contributed by atoms with van der Waals surface area (Å²) in [6, 6.07) is 6.32. The summed E-state index contributed by atoms with van der Waals surface area (Å²) in [4.78, 5) is 11.3. The Morgan fingerprint density at radius 1 is 1.24 bits per heavy atom. The molecule has 0 radical (unpaired) electrons. The third-order valence-corrected chi connectivity index (χ3v) is 2.10. The summed E-state index contributed by atoms with van der Waals surface area (Å²) in [6.45, 7) is -0.837. The van der Waals surface area contributed by atoms with Crippen molar-refractivity contribution in [3.63, 3.8) is 0 Å². The van der Waals surface area contributed by atoms with Crippen LogP contribution in [0.1, 0.15) is 15.9 Å². The van der Waals surface area contributed by atoms with Crippen LogP contribution in [0.15, 0.2) is 24.3 Å². The zero-order chi connectivity index (χ0) is 12.9. The zero-order valence-electron chi connectivity index (χ0n) is 9.05. The number of nitrogens with two attached hydrogens (primary N) is 1. The number of hydrogen-bond donors (Lipinski definition) is 2. The van der Waals surface area contributed by atoms with Crippen molar-refractivity contribution < 1.29 is 18.0 Å². The average molecular weight is 246 g/mol. The van der Waals surface area contributed by atoms with Crippen molar-refractivity contribution in [2.75, 3.05) is 13.1 Å². The molecule has 0 fully saturated rings.